The largest absolute Gasteiger partial charge is 0.481 e. The maximum atomic E-state index is 12.7. The summed E-state index contributed by atoms with van der Waals surface area (Å²) in [5, 5.41) is 3.72. The normalized spacial score (nSPS) is 11.9. The molecule has 0 spiro atoms. The summed E-state index contributed by atoms with van der Waals surface area (Å²) in [5.74, 6) is 0.522. The second-order valence-electron chi connectivity index (χ2n) is 5.88. The second kappa shape index (κ2) is 8.20. The Morgan fingerprint density at radius 1 is 1.17 bits per heavy atom. The maximum Gasteiger partial charge on any atom is 0.265 e. The van der Waals surface area contributed by atoms with E-state index in [1.54, 1.807) is 12.1 Å². The number of anilines is 1. The first kappa shape index (κ1) is 18.3. The van der Waals surface area contributed by atoms with Crippen LogP contribution in [0.4, 0.5) is 5.69 Å². The van der Waals surface area contributed by atoms with Gasteiger partial charge in [0.2, 0.25) is 0 Å². The van der Waals surface area contributed by atoms with Gasteiger partial charge >= 0.3 is 0 Å². The molecule has 0 unspecified atom stereocenters. The average Bonchev–Trinajstić information content (AvgIpc) is 2.57. The first-order valence-electron chi connectivity index (χ1n) is 8.28. The fraction of sp³-hybridized carbons (Fsp3) is 0.350. The van der Waals surface area contributed by atoms with Crippen LogP contribution >= 0.6 is 11.6 Å². The molecule has 1 atom stereocenters. The van der Waals surface area contributed by atoms with Gasteiger partial charge in [-0.3, -0.25) is 4.79 Å². The van der Waals surface area contributed by atoms with Gasteiger partial charge in [-0.2, -0.15) is 0 Å². The highest BCUT2D eigenvalue weighted by Gasteiger charge is 2.20. The summed E-state index contributed by atoms with van der Waals surface area (Å²) < 4.78 is 5.88. The Kier molecular flexibility index (Phi) is 6.27. The van der Waals surface area contributed by atoms with Crippen molar-refractivity contribution in [2.75, 3.05) is 5.32 Å². The Bertz CT molecular complexity index is 728. The molecule has 0 aliphatic carbocycles. The minimum Gasteiger partial charge on any atom is -0.481 e. The topological polar surface area (TPSA) is 38.3 Å². The van der Waals surface area contributed by atoms with E-state index in [2.05, 4.69) is 12.2 Å². The summed E-state index contributed by atoms with van der Waals surface area (Å²) in [5.41, 5.74) is 4.00. The minimum atomic E-state index is -0.546. The molecule has 2 aromatic carbocycles. The Labute approximate surface area is 149 Å². The number of halogens is 1. The van der Waals surface area contributed by atoms with Crippen LogP contribution in [0.15, 0.2) is 36.4 Å². The second-order valence-corrected chi connectivity index (χ2v) is 6.28. The van der Waals surface area contributed by atoms with E-state index in [0.717, 1.165) is 28.8 Å². The predicted molar refractivity (Wildman–Crippen MR) is 100 cm³/mol. The van der Waals surface area contributed by atoms with E-state index in [4.69, 9.17) is 16.3 Å². The van der Waals surface area contributed by atoms with Crippen LogP contribution in [0.1, 0.15) is 37.0 Å². The number of ether oxygens (including phenoxy) is 1. The lowest BCUT2D eigenvalue weighted by Gasteiger charge is -2.20. The Morgan fingerprint density at radius 3 is 2.54 bits per heavy atom. The molecule has 0 radical (unpaired) electrons. The molecule has 2 rings (SSSR count). The first-order valence-corrected chi connectivity index (χ1v) is 8.66. The summed E-state index contributed by atoms with van der Waals surface area (Å²) >= 11 is 6.04. The molecule has 0 fully saturated rings. The molecule has 4 heteroatoms. The molecule has 2 aromatic rings. The highest BCUT2D eigenvalue weighted by atomic mass is 35.5. The standard InChI is InChI=1S/C20H24ClNO2/c1-5-15-9-7-8-13(3)19(15)22-20(23)18(6-2)24-16-10-11-17(21)14(4)12-16/h7-12,18H,5-6H2,1-4H3,(H,22,23)/t18-/m0/s1. The van der Waals surface area contributed by atoms with Gasteiger partial charge in [0, 0.05) is 10.7 Å². The van der Waals surface area contributed by atoms with Crippen molar-refractivity contribution < 1.29 is 9.53 Å². The summed E-state index contributed by atoms with van der Waals surface area (Å²) in [6, 6.07) is 11.5. The van der Waals surface area contributed by atoms with E-state index in [-0.39, 0.29) is 5.91 Å². The van der Waals surface area contributed by atoms with Crippen molar-refractivity contribution in [3.05, 3.63) is 58.1 Å². The smallest absolute Gasteiger partial charge is 0.265 e. The monoisotopic (exact) mass is 345 g/mol. The summed E-state index contributed by atoms with van der Waals surface area (Å²) in [6.45, 7) is 7.93. The number of hydrogen-bond donors (Lipinski definition) is 1. The molecule has 0 aliphatic heterocycles. The molecule has 1 amide bonds. The summed E-state index contributed by atoms with van der Waals surface area (Å²) in [4.78, 5) is 12.7. The zero-order chi connectivity index (χ0) is 17.7. The van der Waals surface area contributed by atoms with E-state index >= 15 is 0 Å². The van der Waals surface area contributed by atoms with Gasteiger partial charge in [-0.15, -0.1) is 0 Å². The van der Waals surface area contributed by atoms with Gasteiger partial charge in [-0.05, 0) is 61.6 Å². The van der Waals surface area contributed by atoms with E-state index in [9.17, 15) is 4.79 Å². The van der Waals surface area contributed by atoms with Gasteiger partial charge in [0.05, 0.1) is 0 Å². The van der Waals surface area contributed by atoms with Crippen LogP contribution in [0, 0.1) is 13.8 Å². The Morgan fingerprint density at radius 2 is 1.92 bits per heavy atom. The fourth-order valence-corrected chi connectivity index (χ4v) is 2.70. The highest BCUT2D eigenvalue weighted by molar-refractivity contribution is 6.31. The van der Waals surface area contributed by atoms with Crippen LogP contribution in [0.5, 0.6) is 5.75 Å². The third-order valence-corrected chi connectivity index (χ3v) is 4.48. The highest BCUT2D eigenvalue weighted by Crippen LogP contribution is 2.24. The third-order valence-electron chi connectivity index (χ3n) is 4.06. The molecule has 0 bridgehead atoms. The number of benzene rings is 2. The zero-order valence-electron chi connectivity index (χ0n) is 14.7. The maximum absolute atomic E-state index is 12.7. The SMILES string of the molecule is CCc1cccc(C)c1NC(=O)[C@H](CC)Oc1ccc(Cl)c(C)c1. The molecule has 128 valence electrons. The van der Waals surface area contributed by atoms with Crippen molar-refractivity contribution in [3.63, 3.8) is 0 Å². The quantitative estimate of drug-likeness (QED) is 0.769. The number of rotatable bonds is 6. The average molecular weight is 346 g/mol. The van der Waals surface area contributed by atoms with Crippen LogP contribution in [0.25, 0.3) is 0 Å². The number of carbonyl (C=O) groups excluding carboxylic acids is 1. The third kappa shape index (κ3) is 4.30. The van der Waals surface area contributed by atoms with Gasteiger partial charge in [0.1, 0.15) is 5.75 Å². The van der Waals surface area contributed by atoms with Gasteiger partial charge < -0.3 is 10.1 Å². The van der Waals surface area contributed by atoms with Crippen molar-refractivity contribution in [2.45, 2.75) is 46.6 Å². The van der Waals surface area contributed by atoms with Gasteiger partial charge in [-0.1, -0.05) is 43.6 Å². The number of nitrogens with one attached hydrogen (secondary N) is 1. The molecule has 0 aromatic heterocycles. The molecule has 0 heterocycles. The van der Waals surface area contributed by atoms with Crippen molar-refractivity contribution in [2.24, 2.45) is 0 Å². The van der Waals surface area contributed by atoms with Gasteiger partial charge in [0.25, 0.3) is 5.91 Å². The molecule has 0 saturated carbocycles. The zero-order valence-corrected chi connectivity index (χ0v) is 15.4. The van der Waals surface area contributed by atoms with Gasteiger partial charge in [-0.25, -0.2) is 0 Å². The van der Waals surface area contributed by atoms with Crippen LogP contribution in [0.2, 0.25) is 5.02 Å². The number of aryl methyl sites for hydroxylation is 3. The van der Waals surface area contributed by atoms with Crippen molar-refractivity contribution in [1.82, 2.24) is 0 Å². The van der Waals surface area contributed by atoms with Crippen LogP contribution < -0.4 is 10.1 Å². The molecule has 1 N–H and O–H groups in total. The lowest BCUT2D eigenvalue weighted by Crippen LogP contribution is -2.33. The molecule has 0 saturated heterocycles. The van der Waals surface area contributed by atoms with Crippen molar-refractivity contribution >= 4 is 23.2 Å². The van der Waals surface area contributed by atoms with Crippen LogP contribution in [-0.2, 0) is 11.2 Å². The minimum absolute atomic E-state index is 0.130. The number of para-hydroxylation sites is 1. The molecular weight excluding hydrogens is 322 g/mol. The summed E-state index contributed by atoms with van der Waals surface area (Å²) in [7, 11) is 0. The van der Waals surface area contributed by atoms with E-state index < -0.39 is 6.10 Å². The van der Waals surface area contributed by atoms with E-state index in [1.807, 2.05) is 45.0 Å². The van der Waals surface area contributed by atoms with Gasteiger partial charge in [0.15, 0.2) is 6.10 Å². The number of hydrogen-bond acceptors (Lipinski definition) is 2. The van der Waals surface area contributed by atoms with E-state index in [0.29, 0.717) is 17.2 Å². The summed E-state index contributed by atoms with van der Waals surface area (Å²) in [6.07, 6.45) is 0.904. The Hall–Kier alpha value is -2.00. The lowest BCUT2D eigenvalue weighted by molar-refractivity contribution is -0.122. The number of amides is 1. The lowest BCUT2D eigenvalue weighted by atomic mass is 10.1. The first-order chi connectivity index (χ1) is 11.5. The van der Waals surface area contributed by atoms with Crippen molar-refractivity contribution in [3.8, 4) is 5.75 Å². The van der Waals surface area contributed by atoms with Crippen molar-refractivity contribution in [1.29, 1.82) is 0 Å². The molecule has 24 heavy (non-hydrogen) atoms. The molecule has 0 aliphatic rings. The fourth-order valence-electron chi connectivity index (χ4n) is 2.58. The Balaban J connectivity index is 2.16. The molecular formula is C20H24ClNO2. The van der Waals surface area contributed by atoms with Crippen LogP contribution in [-0.4, -0.2) is 12.0 Å². The van der Waals surface area contributed by atoms with Crippen LogP contribution in [0.3, 0.4) is 0 Å². The molecule has 3 nitrogen and oxygen atoms in total. The number of carbonyl (C=O) groups is 1. The predicted octanol–water partition coefficient (Wildman–Crippen LogP) is 5.32. The van der Waals surface area contributed by atoms with E-state index in [1.165, 1.54) is 0 Å².